The molecule has 21 heavy (non-hydrogen) atoms. The Balaban J connectivity index is 2.30. The number of amides is 1. The van der Waals surface area contributed by atoms with Crippen LogP contribution in [0.2, 0.25) is 5.15 Å². The molecule has 2 rings (SSSR count). The van der Waals surface area contributed by atoms with Crippen molar-refractivity contribution in [2.24, 2.45) is 0 Å². The van der Waals surface area contributed by atoms with Gasteiger partial charge in [-0.1, -0.05) is 11.6 Å². The summed E-state index contributed by atoms with van der Waals surface area (Å²) < 4.78 is 13.2. The second kappa shape index (κ2) is 5.88. The zero-order chi connectivity index (χ0) is 15.6. The highest BCUT2D eigenvalue weighted by Crippen LogP contribution is 2.20. The number of hydrogen-bond donors (Lipinski definition) is 1. The van der Waals surface area contributed by atoms with Gasteiger partial charge in [-0.05, 0) is 30.3 Å². The first kappa shape index (κ1) is 14.9. The van der Waals surface area contributed by atoms with Crippen molar-refractivity contribution in [2.45, 2.75) is 0 Å². The van der Waals surface area contributed by atoms with Crippen LogP contribution in [-0.4, -0.2) is 29.0 Å². The lowest BCUT2D eigenvalue weighted by Gasteiger charge is -2.18. The van der Waals surface area contributed by atoms with E-state index in [-0.39, 0.29) is 16.3 Å². The van der Waals surface area contributed by atoms with Crippen LogP contribution in [0.1, 0.15) is 20.7 Å². The monoisotopic (exact) mass is 308 g/mol. The number of rotatable bonds is 3. The first-order valence-electron chi connectivity index (χ1n) is 5.82. The summed E-state index contributed by atoms with van der Waals surface area (Å²) in [5, 5.41) is 8.72. The number of carboxylic acid groups (broad SMARTS) is 1. The second-order valence-electron chi connectivity index (χ2n) is 4.21. The lowest BCUT2D eigenvalue weighted by Crippen LogP contribution is -2.26. The van der Waals surface area contributed by atoms with Crippen molar-refractivity contribution in [3.05, 3.63) is 58.6 Å². The number of hydrogen-bond acceptors (Lipinski definition) is 3. The average molecular weight is 309 g/mol. The Morgan fingerprint density at radius 1 is 1.29 bits per heavy atom. The van der Waals surface area contributed by atoms with E-state index >= 15 is 0 Å². The quantitative estimate of drug-likeness (QED) is 0.885. The van der Waals surface area contributed by atoms with Gasteiger partial charge in [-0.25, -0.2) is 14.2 Å². The van der Waals surface area contributed by atoms with Crippen molar-refractivity contribution in [3.63, 3.8) is 0 Å². The van der Waals surface area contributed by atoms with Crippen molar-refractivity contribution in [1.82, 2.24) is 4.98 Å². The molecule has 0 saturated carbocycles. The highest BCUT2D eigenvalue weighted by molar-refractivity contribution is 6.33. The van der Waals surface area contributed by atoms with Crippen LogP contribution in [0.5, 0.6) is 0 Å². The highest BCUT2D eigenvalue weighted by atomic mass is 35.5. The normalized spacial score (nSPS) is 10.2. The van der Waals surface area contributed by atoms with E-state index in [0.717, 1.165) is 12.3 Å². The largest absolute Gasteiger partial charge is 0.478 e. The van der Waals surface area contributed by atoms with Gasteiger partial charge in [0.25, 0.3) is 5.91 Å². The van der Waals surface area contributed by atoms with Crippen LogP contribution in [-0.2, 0) is 0 Å². The molecule has 0 aliphatic rings. The third-order valence-corrected chi connectivity index (χ3v) is 3.14. The van der Waals surface area contributed by atoms with Crippen LogP contribution >= 0.6 is 11.6 Å². The first-order chi connectivity index (χ1) is 9.90. The fourth-order valence-corrected chi connectivity index (χ4v) is 1.88. The highest BCUT2D eigenvalue weighted by Gasteiger charge is 2.18. The van der Waals surface area contributed by atoms with Crippen molar-refractivity contribution >= 4 is 29.2 Å². The maximum Gasteiger partial charge on any atom is 0.335 e. The van der Waals surface area contributed by atoms with Crippen molar-refractivity contribution in [3.8, 4) is 0 Å². The third kappa shape index (κ3) is 3.17. The zero-order valence-electron chi connectivity index (χ0n) is 10.9. The van der Waals surface area contributed by atoms with E-state index in [0.29, 0.717) is 5.69 Å². The molecule has 0 radical (unpaired) electrons. The fourth-order valence-electron chi connectivity index (χ4n) is 1.70. The maximum atomic E-state index is 13.2. The molecule has 0 bridgehead atoms. The van der Waals surface area contributed by atoms with Gasteiger partial charge in [-0.15, -0.1) is 0 Å². The number of carbonyl (C=O) groups is 2. The smallest absolute Gasteiger partial charge is 0.335 e. The molecule has 0 unspecified atom stereocenters. The zero-order valence-corrected chi connectivity index (χ0v) is 11.6. The Morgan fingerprint density at radius 2 is 1.90 bits per heavy atom. The number of pyridine rings is 1. The van der Waals surface area contributed by atoms with Gasteiger partial charge >= 0.3 is 5.97 Å². The molecule has 0 saturated heterocycles. The van der Waals surface area contributed by atoms with E-state index in [1.54, 1.807) is 0 Å². The molecule has 1 aromatic carbocycles. The predicted octanol–water partition coefficient (Wildman–Crippen LogP) is 2.85. The molecule has 0 spiro atoms. The van der Waals surface area contributed by atoms with Gasteiger partial charge in [0, 0.05) is 12.7 Å². The minimum absolute atomic E-state index is 0.0681. The molecule has 7 heteroatoms. The molecule has 0 fully saturated rings. The van der Waals surface area contributed by atoms with E-state index < -0.39 is 17.7 Å². The van der Waals surface area contributed by atoms with Crippen LogP contribution < -0.4 is 4.90 Å². The van der Waals surface area contributed by atoms with Crippen LogP contribution in [0, 0.1) is 5.82 Å². The molecule has 0 atom stereocenters. The summed E-state index contributed by atoms with van der Waals surface area (Å²) >= 11 is 5.79. The number of benzene rings is 1. The van der Waals surface area contributed by atoms with Gasteiger partial charge in [-0.2, -0.15) is 0 Å². The Bertz CT molecular complexity index is 704. The molecule has 1 amide bonds. The van der Waals surface area contributed by atoms with Gasteiger partial charge in [0.2, 0.25) is 0 Å². The Morgan fingerprint density at radius 3 is 2.48 bits per heavy atom. The van der Waals surface area contributed by atoms with Gasteiger partial charge in [0.15, 0.2) is 0 Å². The molecule has 108 valence electrons. The second-order valence-corrected chi connectivity index (χ2v) is 4.57. The lowest BCUT2D eigenvalue weighted by molar-refractivity contribution is 0.0696. The predicted molar refractivity (Wildman–Crippen MR) is 75.3 cm³/mol. The molecule has 0 aliphatic carbocycles. The van der Waals surface area contributed by atoms with E-state index in [4.69, 9.17) is 16.7 Å². The summed E-state index contributed by atoms with van der Waals surface area (Å²) in [6.07, 6.45) is 0.917. The minimum atomic E-state index is -1.06. The molecule has 5 nitrogen and oxygen atoms in total. The van der Waals surface area contributed by atoms with Crippen LogP contribution in [0.3, 0.4) is 0 Å². The summed E-state index contributed by atoms with van der Waals surface area (Å²) in [6, 6.07) is 6.68. The Hall–Kier alpha value is -2.47. The summed E-state index contributed by atoms with van der Waals surface area (Å²) in [5.74, 6) is -2.28. The van der Waals surface area contributed by atoms with Crippen molar-refractivity contribution < 1.29 is 19.1 Å². The molecular formula is C14H10ClFN2O3. The Labute approximate surface area is 124 Å². The third-order valence-electron chi connectivity index (χ3n) is 2.84. The number of aromatic nitrogens is 1. The standard InChI is InChI=1S/C14H10ClFN2O3/c1-18(10-4-2-8(3-5-10)14(20)21)13(19)11-6-9(16)7-17-12(11)15/h2-7H,1H3,(H,20,21). The number of halogens is 2. The average Bonchev–Trinajstić information content (AvgIpc) is 2.48. The minimum Gasteiger partial charge on any atom is -0.478 e. The SMILES string of the molecule is CN(C(=O)c1cc(F)cnc1Cl)c1ccc(C(=O)O)cc1. The van der Waals surface area contributed by atoms with E-state index in [9.17, 15) is 14.0 Å². The Kier molecular flexibility index (Phi) is 4.18. The van der Waals surface area contributed by atoms with Crippen LogP contribution in [0.4, 0.5) is 10.1 Å². The van der Waals surface area contributed by atoms with Crippen molar-refractivity contribution in [1.29, 1.82) is 0 Å². The number of anilines is 1. The van der Waals surface area contributed by atoms with Crippen LogP contribution in [0.15, 0.2) is 36.5 Å². The molecular weight excluding hydrogens is 299 g/mol. The first-order valence-corrected chi connectivity index (χ1v) is 6.20. The fraction of sp³-hybridized carbons (Fsp3) is 0.0714. The van der Waals surface area contributed by atoms with E-state index in [2.05, 4.69) is 4.98 Å². The summed E-state index contributed by atoms with van der Waals surface area (Å²) in [6.45, 7) is 0. The van der Waals surface area contributed by atoms with Crippen molar-refractivity contribution in [2.75, 3.05) is 11.9 Å². The van der Waals surface area contributed by atoms with Gasteiger partial charge in [0.1, 0.15) is 11.0 Å². The molecule has 1 aromatic heterocycles. The maximum absolute atomic E-state index is 13.2. The summed E-state index contributed by atoms with van der Waals surface area (Å²) in [5.41, 5.74) is 0.483. The molecule has 2 aromatic rings. The number of carboxylic acids is 1. The number of aromatic carboxylic acids is 1. The van der Waals surface area contributed by atoms with Gasteiger partial charge in [-0.3, -0.25) is 4.79 Å². The van der Waals surface area contributed by atoms with Gasteiger partial charge in [0.05, 0.1) is 17.3 Å². The molecule has 0 aliphatic heterocycles. The number of nitrogens with zero attached hydrogens (tertiary/aromatic N) is 2. The summed E-state index contributed by atoms with van der Waals surface area (Å²) in [7, 11) is 1.47. The van der Waals surface area contributed by atoms with E-state index in [1.807, 2.05) is 0 Å². The lowest BCUT2D eigenvalue weighted by atomic mass is 10.2. The van der Waals surface area contributed by atoms with Crippen LogP contribution in [0.25, 0.3) is 0 Å². The topological polar surface area (TPSA) is 70.5 Å². The number of carbonyl (C=O) groups excluding carboxylic acids is 1. The molecule has 1 heterocycles. The summed E-state index contributed by atoms with van der Waals surface area (Å²) in [4.78, 5) is 27.8. The van der Waals surface area contributed by atoms with Gasteiger partial charge < -0.3 is 10.0 Å². The molecule has 1 N–H and O–H groups in total. The van der Waals surface area contributed by atoms with E-state index in [1.165, 1.54) is 36.2 Å².